The molecular weight excluding hydrogens is 845 g/mol. The highest BCUT2D eigenvalue weighted by molar-refractivity contribution is 7.90. The summed E-state index contributed by atoms with van der Waals surface area (Å²) >= 11 is 0. The molecule has 14 nitrogen and oxygen atoms in total. The number of aryl methyl sites for hydroxylation is 1. The fraction of sp³-hybridized carbons (Fsp3) is 0.480. The lowest BCUT2D eigenvalue weighted by Crippen LogP contribution is -2.64. The van der Waals surface area contributed by atoms with Gasteiger partial charge in [-0.3, -0.25) is 24.6 Å². The summed E-state index contributed by atoms with van der Waals surface area (Å²) in [5.41, 5.74) is 2.02. The number of hydrogen-bond acceptors (Lipinski definition) is 11. The van der Waals surface area contributed by atoms with Crippen molar-refractivity contribution >= 4 is 38.9 Å². The maximum absolute atomic E-state index is 14.3. The summed E-state index contributed by atoms with van der Waals surface area (Å²) in [6.45, 7) is 12.8. The molecule has 2 heterocycles. The lowest BCUT2D eigenvalue weighted by atomic mass is 9.44. The Kier molecular flexibility index (Phi) is 14.1. The number of nitro groups is 1. The first-order valence-corrected chi connectivity index (χ1v) is 24.6. The van der Waals surface area contributed by atoms with Crippen molar-refractivity contribution in [2.24, 2.45) is 23.2 Å². The molecule has 0 radical (unpaired) electrons. The van der Waals surface area contributed by atoms with Gasteiger partial charge in [-0.2, -0.15) is 0 Å². The molecule has 4 aromatic carbocycles. The van der Waals surface area contributed by atoms with Gasteiger partial charge in [0.2, 0.25) is 5.91 Å². The number of ether oxygens (including phenoxy) is 2. The highest BCUT2D eigenvalue weighted by atomic mass is 32.2. The maximum atomic E-state index is 14.3. The minimum Gasteiger partial charge on any atom is -0.456 e. The normalized spacial score (nSPS) is 22.0. The Morgan fingerprint density at radius 3 is 2.31 bits per heavy atom. The molecule has 4 atom stereocenters. The third-order valence-electron chi connectivity index (χ3n) is 14.6. The van der Waals surface area contributed by atoms with E-state index in [1.54, 1.807) is 42.5 Å². The lowest BCUT2D eigenvalue weighted by Gasteiger charge is -2.64. The van der Waals surface area contributed by atoms with Crippen LogP contribution in [-0.4, -0.2) is 99.5 Å². The number of nitrogens with zero attached hydrogens (tertiary/aromatic N) is 4. The average molecular weight is 907 g/mol. The van der Waals surface area contributed by atoms with Crippen LogP contribution in [0, 0.1) is 33.3 Å². The van der Waals surface area contributed by atoms with E-state index in [0.29, 0.717) is 74.6 Å². The first-order chi connectivity index (χ1) is 31.3. The highest BCUT2D eigenvalue weighted by Crippen LogP contribution is 2.62. The number of morpholine rings is 1. The summed E-state index contributed by atoms with van der Waals surface area (Å²) in [5.74, 6) is 1.53. The Bertz CT molecular complexity index is 2420. The number of anilines is 2. The third kappa shape index (κ3) is 10.5. The molecule has 65 heavy (non-hydrogen) atoms. The van der Waals surface area contributed by atoms with Crippen molar-refractivity contribution in [2.75, 3.05) is 62.7 Å². The minimum atomic E-state index is -4.55. The molecule has 4 aromatic rings. The number of hydrogen-bond donors (Lipinski definition) is 2. The molecule has 9 rings (SSSR count). The molecule has 15 heteroatoms. The van der Waals surface area contributed by atoms with Crippen LogP contribution in [0.15, 0.2) is 102 Å². The molecule has 0 aromatic heterocycles. The predicted molar refractivity (Wildman–Crippen MR) is 251 cm³/mol. The summed E-state index contributed by atoms with van der Waals surface area (Å²) in [5, 5.41) is 15.2. The van der Waals surface area contributed by atoms with E-state index >= 15 is 0 Å². The van der Waals surface area contributed by atoms with Crippen molar-refractivity contribution < 1.29 is 32.4 Å². The minimum absolute atomic E-state index is 0.0212. The number of benzene rings is 4. The number of carbonyl (C=O) groups excluding carboxylic acids is 2. The number of nitrogens with one attached hydrogen (secondary N) is 2. The van der Waals surface area contributed by atoms with Crippen LogP contribution in [0.5, 0.6) is 11.5 Å². The van der Waals surface area contributed by atoms with E-state index in [1.807, 2.05) is 24.3 Å². The number of sulfonamides is 1. The van der Waals surface area contributed by atoms with Crippen LogP contribution < -0.4 is 19.7 Å². The van der Waals surface area contributed by atoms with Crippen LogP contribution in [0.2, 0.25) is 0 Å². The SMILES string of the molecule is C[C@@H]1[C@@H](N(C(=O)CCc2ccccc2)C2CCN(c3ccc(C(=O)NS(=O)(=O)c4ccc(NCCCN5CCOCC5)c([N+](=O)[O-])c4)c(Oc4ccccc4)c3)CC2)C[C@H]2C[C@@H]1C2(C)C. The standard InChI is InChI=1S/C50H62N6O8S/c1-35-43-31-37(50(43,2)3)32-45(35)55(48(57)20-15-36-11-6-4-7-12-36)38-21-25-54(26-22-38)39-16-18-42(47(33-39)64-40-13-8-5-9-14-40)49(58)52-65(61,62)41-17-19-44(46(34-41)56(59)60)51-23-10-24-53-27-29-63-30-28-53/h4-9,11-14,16-19,33-35,37-38,43,45,51H,10,15,20-32H2,1-3H3,(H,52,58)/t35-,37+,43-,45-/m0/s1. The quantitative estimate of drug-likeness (QED) is 0.0598. The molecule has 346 valence electrons. The lowest BCUT2D eigenvalue weighted by molar-refractivity contribution is -0.384. The molecular formula is C50H62N6O8S. The van der Waals surface area contributed by atoms with Crippen molar-refractivity contribution in [1.29, 1.82) is 0 Å². The summed E-state index contributed by atoms with van der Waals surface area (Å²) in [7, 11) is -4.55. The molecule has 2 bridgehead atoms. The van der Waals surface area contributed by atoms with Gasteiger partial charge in [0.25, 0.3) is 21.6 Å². The van der Waals surface area contributed by atoms with Crippen molar-refractivity contribution in [3.8, 4) is 11.5 Å². The molecule has 0 spiro atoms. The van der Waals surface area contributed by atoms with E-state index in [1.165, 1.54) is 18.6 Å². The number of piperidine rings is 1. The van der Waals surface area contributed by atoms with E-state index < -0.39 is 31.4 Å². The number of rotatable bonds is 17. The van der Waals surface area contributed by atoms with E-state index in [4.69, 9.17) is 9.47 Å². The summed E-state index contributed by atoms with van der Waals surface area (Å²) in [6.07, 6.45) is 5.75. The van der Waals surface area contributed by atoms with Crippen LogP contribution in [0.3, 0.4) is 0 Å². The molecule has 0 unspecified atom stereocenters. The largest absolute Gasteiger partial charge is 0.456 e. The van der Waals surface area contributed by atoms with Crippen molar-refractivity contribution in [2.45, 2.75) is 82.7 Å². The van der Waals surface area contributed by atoms with Crippen LogP contribution in [0.4, 0.5) is 17.1 Å². The van der Waals surface area contributed by atoms with Crippen molar-refractivity contribution in [3.63, 3.8) is 0 Å². The summed E-state index contributed by atoms with van der Waals surface area (Å²) < 4.78 is 41.2. The first-order valence-electron chi connectivity index (χ1n) is 23.1. The van der Waals surface area contributed by atoms with E-state index in [9.17, 15) is 28.1 Å². The topological polar surface area (TPSA) is 164 Å². The van der Waals surface area contributed by atoms with Gasteiger partial charge in [-0.15, -0.1) is 0 Å². The van der Waals surface area contributed by atoms with E-state index in [-0.39, 0.29) is 35.0 Å². The summed E-state index contributed by atoms with van der Waals surface area (Å²) in [4.78, 5) is 46.1. The van der Waals surface area contributed by atoms with E-state index in [0.717, 1.165) is 62.6 Å². The zero-order valence-electron chi connectivity index (χ0n) is 37.7. The fourth-order valence-corrected chi connectivity index (χ4v) is 11.7. The van der Waals surface area contributed by atoms with Gasteiger partial charge in [0.15, 0.2) is 0 Å². The Balaban J connectivity index is 0.966. The zero-order chi connectivity index (χ0) is 45.7. The average Bonchev–Trinajstić information content (AvgIpc) is 3.31. The van der Waals surface area contributed by atoms with Gasteiger partial charge in [-0.1, -0.05) is 69.3 Å². The molecule has 2 saturated heterocycles. The van der Waals surface area contributed by atoms with Crippen molar-refractivity contribution in [1.82, 2.24) is 14.5 Å². The first kappa shape index (κ1) is 46.0. The molecule has 2 N–H and O–H groups in total. The number of fused-ring (bicyclic) bond motifs is 2. The Hall–Kier alpha value is -5.51. The molecule has 3 aliphatic carbocycles. The van der Waals surface area contributed by atoms with Crippen LogP contribution in [0.25, 0.3) is 0 Å². The van der Waals surface area contributed by atoms with Gasteiger partial charge in [0.05, 0.1) is 28.6 Å². The Morgan fingerprint density at radius 1 is 0.923 bits per heavy atom. The van der Waals surface area contributed by atoms with Gasteiger partial charge in [0, 0.05) is 69.0 Å². The monoisotopic (exact) mass is 906 g/mol. The van der Waals surface area contributed by atoms with E-state index in [2.05, 4.69) is 57.6 Å². The number of amides is 2. The second-order valence-electron chi connectivity index (χ2n) is 18.7. The number of para-hydroxylation sites is 1. The van der Waals surface area contributed by atoms with Gasteiger partial charge >= 0.3 is 0 Å². The highest BCUT2D eigenvalue weighted by Gasteiger charge is 2.58. The van der Waals surface area contributed by atoms with Crippen LogP contribution in [-0.2, 0) is 26.0 Å². The van der Waals surface area contributed by atoms with Gasteiger partial charge in [-0.05, 0) is 110 Å². The molecule has 5 aliphatic rings. The van der Waals surface area contributed by atoms with Crippen LogP contribution >= 0.6 is 0 Å². The second kappa shape index (κ2) is 19.9. The van der Waals surface area contributed by atoms with Gasteiger partial charge < -0.3 is 24.6 Å². The smallest absolute Gasteiger partial charge is 0.293 e. The molecule has 5 fully saturated rings. The summed E-state index contributed by atoms with van der Waals surface area (Å²) in [6, 6.07) is 28.1. The Morgan fingerprint density at radius 2 is 1.63 bits per heavy atom. The number of nitro benzene ring substituents is 1. The van der Waals surface area contributed by atoms with Gasteiger partial charge in [0.1, 0.15) is 17.2 Å². The predicted octanol–water partition coefficient (Wildman–Crippen LogP) is 8.14. The third-order valence-corrected chi connectivity index (χ3v) is 15.9. The van der Waals surface area contributed by atoms with Crippen LogP contribution in [0.1, 0.15) is 75.2 Å². The number of carbonyl (C=O) groups is 2. The second-order valence-corrected chi connectivity index (χ2v) is 20.4. The van der Waals surface area contributed by atoms with Gasteiger partial charge in [-0.25, -0.2) is 13.1 Å². The molecule has 2 amide bonds. The maximum Gasteiger partial charge on any atom is 0.293 e. The zero-order valence-corrected chi connectivity index (χ0v) is 38.5. The molecule has 3 saturated carbocycles. The molecule has 2 aliphatic heterocycles. The Labute approximate surface area is 382 Å². The fourth-order valence-electron chi connectivity index (χ4n) is 10.7. The van der Waals surface area contributed by atoms with Crippen molar-refractivity contribution in [3.05, 3.63) is 118 Å².